The van der Waals surface area contributed by atoms with Crippen molar-refractivity contribution in [2.24, 2.45) is 0 Å². The average Bonchev–Trinajstić information content (AvgIpc) is 3.52. The molecule has 0 saturated carbocycles. The first-order valence-corrected chi connectivity index (χ1v) is 14.7. The SMILES string of the molecule is CC(C)=CCO[C@@]1(C)C[C@@H]2OCC3=CCCC[C@]32O1.CC(C)=CCO[C@]1(C)C[C@@H]2OCC3=CCCC[C@]32O1. The zero-order valence-electron chi connectivity index (χ0n) is 24.4. The van der Waals surface area contributed by atoms with Crippen molar-refractivity contribution in [3.63, 3.8) is 0 Å². The van der Waals surface area contributed by atoms with Crippen molar-refractivity contribution in [3.8, 4) is 0 Å². The minimum absolute atomic E-state index is 0.177. The molecule has 6 heteroatoms. The Kier molecular flexibility index (Phi) is 8.14. The third-order valence-electron chi connectivity index (χ3n) is 8.96. The van der Waals surface area contributed by atoms with Gasteiger partial charge in [-0.3, -0.25) is 0 Å². The van der Waals surface area contributed by atoms with Gasteiger partial charge in [0.05, 0.1) is 38.6 Å². The molecule has 4 aliphatic heterocycles. The molecule has 6 rings (SSSR count). The highest BCUT2D eigenvalue weighted by molar-refractivity contribution is 5.31. The summed E-state index contributed by atoms with van der Waals surface area (Å²) in [6.45, 7) is 15.1. The first kappa shape index (κ1) is 28.3. The maximum Gasteiger partial charge on any atom is 0.169 e. The molecule has 0 radical (unpaired) electrons. The monoisotopic (exact) mass is 528 g/mol. The van der Waals surface area contributed by atoms with Crippen LogP contribution in [0.4, 0.5) is 0 Å². The third-order valence-corrected chi connectivity index (χ3v) is 8.96. The van der Waals surface area contributed by atoms with E-state index in [0.29, 0.717) is 13.2 Å². The number of rotatable bonds is 6. The van der Waals surface area contributed by atoms with Crippen molar-refractivity contribution in [1.82, 2.24) is 0 Å². The minimum Gasteiger partial charge on any atom is -0.370 e. The van der Waals surface area contributed by atoms with Gasteiger partial charge in [-0.25, -0.2) is 0 Å². The van der Waals surface area contributed by atoms with E-state index in [0.717, 1.165) is 51.7 Å². The van der Waals surface area contributed by atoms with Crippen LogP contribution in [0, 0.1) is 0 Å². The summed E-state index contributed by atoms with van der Waals surface area (Å²) < 4.78 is 36.7. The number of hydrogen-bond acceptors (Lipinski definition) is 6. The van der Waals surface area contributed by atoms with E-state index in [9.17, 15) is 0 Å². The quantitative estimate of drug-likeness (QED) is 0.357. The van der Waals surface area contributed by atoms with E-state index >= 15 is 0 Å². The lowest BCUT2D eigenvalue weighted by molar-refractivity contribution is -0.229. The Hall–Kier alpha value is -1.28. The van der Waals surface area contributed by atoms with E-state index in [4.69, 9.17) is 28.4 Å². The fourth-order valence-corrected chi connectivity index (χ4v) is 6.98. The topological polar surface area (TPSA) is 55.4 Å². The molecule has 0 aromatic rings. The second kappa shape index (κ2) is 10.9. The van der Waals surface area contributed by atoms with E-state index in [2.05, 4.69) is 65.8 Å². The molecule has 2 aliphatic carbocycles. The molecule has 2 spiro atoms. The smallest absolute Gasteiger partial charge is 0.169 e. The molecule has 0 aromatic carbocycles. The highest BCUT2D eigenvalue weighted by atomic mass is 16.7. The number of hydrogen-bond donors (Lipinski definition) is 0. The van der Waals surface area contributed by atoms with Gasteiger partial charge in [0, 0.05) is 12.8 Å². The second-order valence-corrected chi connectivity index (χ2v) is 12.7. The second-order valence-electron chi connectivity index (χ2n) is 12.7. The number of allylic oxidation sites excluding steroid dienone is 4. The largest absolute Gasteiger partial charge is 0.370 e. The summed E-state index contributed by atoms with van der Waals surface area (Å²) in [6.07, 6.45) is 17.7. The lowest BCUT2D eigenvalue weighted by atomic mass is 9.81. The molecule has 38 heavy (non-hydrogen) atoms. The van der Waals surface area contributed by atoms with Gasteiger partial charge in [-0.05, 0) is 91.2 Å². The van der Waals surface area contributed by atoms with Gasteiger partial charge >= 0.3 is 0 Å². The van der Waals surface area contributed by atoms with Crippen LogP contribution in [0.25, 0.3) is 0 Å². The van der Waals surface area contributed by atoms with Gasteiger partial charge in [-0.2, -0.15) is 0 Å². The van der Waals surface area contributed by atoms with Crippen molar-refractivity contribution >= 4 is 0 Å². The van der Waals surface area contributed by atoms with Crippen LogP contribution in [0.1, 0.15) is 92.9 Å². The van der Waals surface area contributed by atoms with Crippen molar-refractivity contribution in [1.29, 1.82) is 0 Å². The molecule has 6 nitrogen and oxygen atoms in total. The molecule has 212 valence electrons. The molecule has 4 fully saturated rings. The van der Waals surface area contributed by atoms with Crippen molar-refractivity contribution in [2.75, 3.05) is 26.4 Å². The average molecular weight is 529 g/mol. The molecular weight excluding hydrogens is 480 g/mol. The molecule has 0 N–H and O–H groups in total. The predicted molar refractivity (Wildman–Crippen MR) is 148 cm³/mol. The van der Waals surface area contributed by atoms with Gasteiger partial charge in [0.25, 0.3) is 0 Å². The van der Waals surface area contributed by atoms with Crippen molar-refractivity contribution < 1.29 is 28.4 Å². The minimum atomic E-state index is -0.506. The van der Waals surface area contributed by atoms with Crippen LogP contribution in [-0.2, 0) is 28.4 Å². The van der Waals surface area contributed by atoms with Crippen LogP contribution >= 0.6 is 0 Å². The standard InChI is InChI=1S/2C16H24O3/c2*1-12(2)7-9-18-15(3)10-14-16(19-15)8-5-4-6-13(16)11-17-14/h2*6-7,14H,4-5,8-11H2,1-3H3/t14-,15+,16-;14-,15-,16-/m00/s1. The van der Waals surface area contributed by atoms with E-state index in [-0.39, 0.29) is 23.4 Å². The highest BCUT2D eigenvalue weighted by Gasteiger charge is 2.61. The van der Waals surface area contributed by atoms with E-state index in [1.165, 1.54) is 35.1 Å². The van der Waals surface area contributed by atoms with Gasteiger partial charge in [0.1, 0.15) is 11.2 Å². The van der Waals surface area contributed by atoms with Crippen LogP contribution in [-0.4, -0.2) is 61.4 Å². The molecular formula is C32H48O6. The van der Waals surface area contributed by atoms with Gasteiger partial charge in [-0.15, -0.1) is 0 Å². The van der Waals surface area contributed by atoms with E-state index in [1.807, 2.05) is 0 Å². The fourth-order valence-electron chi connectivity index (χ4n) is 6.98. The summed E-state index contributed by atoms with van der Waals surface area (Å²) in [4.78, 5) is 0. The number of ether oxygens (including phenoxy) is 6. The molecule has 0 amide bonds. The Labute approximate surface area is 229 Å². The lowest BCUT2D eigenvalue weighted by Crippen LogP contribution is -2.40. The Morgan fingerprint density at radius 3 is 1.58 bits per heavy atom. The summed E-state index contributed by atoms with van der Waals surface area (Å²) >= 11 is 0. The lowest BCUT2D eigenvalue weighted by Gasteiger charge is -2.34. The maximum absolute atomic E-state index is 6.40. The Balaban J connectivity index is 0.000000155. The Morgan fingerprint density at radius 2 is 1.18 bits per heavy atom. The third kappa shape index (κ3) is 5.50. The molecule has 0 unspecified atom stereocenters. The van der Waals surface area contributed by atoms with Gasteiger partial charge in [0.2, 0.25) is 0 Å². The zero-order valence-corrected chi connectivity index (χ0v) is 24.4. The summed E-state index contributed by atoms with van der Waals surface area (Å²) in [6, 6.07) is 0. The van der Waals surface area contributed by atoms with Crippen LogP contribution in [0.3, 0.4) is 0 Å². The Morgan fingerprint density at radius 1 is 0.763 bits per heavy atom. The van der Waals surface area contributed by atoms with Crippen molar-refractivity contribution in [2.45, 2.75) is 128 Å². The summed E-state index contributed by atoms with van der Waals surface area (Å²) in [5.74, 6) is -1.01. The Bertz CT molecular complexity index is 923. The van der Waals surface area contributed by atoms with Gasteiger partial charge < -0.3 is 28.4 Å². The predicted octanol–water partition coefficient (Wildman–Crippen LogP) is 6.71. The highest BCUT2D eigenvalue weighted by Crippen LogP contribution is 2.53. The van der Waals surface area contributed by atoms with Gasteiger partial charge in [0.15, 0.2) is 11.6 Å². The first-order chi connectivity index (χ1) is 18.1. The molecule has 6 aliphatic rings. The van der Waals surface area contributed by atoms with Crippen LogP contribution in [0.15, 0.2) is 46.6 Å². The summed E-state index contributed by atoms with van der Waals surface area (Å²) in [5.41, 5.74) is 4.87. The first-order valence-electron chi connectivity index (χ1n) is 14.7. The van der Waals surface area contributed by atoms with Crippen LogP contribution < -0.4 is 0 Å². The molecule has 0 bridgehead atoms. The van der Waals surface area contributed by atoms with Crippen LogP contribution in [0.5, 0.6) is 0 Å². The molecule has 4 heterocycles. The summed E-state index contributed by atoms with van der Waals surface area (Å²) in [7, 11) is 0. The maximum atomic E-state index is 6.40. The molecule has 0 aromatic heterocycles. The fraction of sp³-hybridized carbons (Fsp3) is 0.750. The van der Waals surface area contributed by atoms with Crippen molar-refractivity contribution in [3.05, 3.63) is 46.6 Å². The normalized spacial score (nSPS) is 40.6. The molecule has 6 atom stereocenters. The van der Waals surface area contributed by atoms with Gasteiger partial charge in [-0.1, -0.05) is 35.5 Å². The van der Waals surface area contributed by atoms with E-state index < -0.39 is 11.6 Å². The zero-order chi connectivity index (χ0) is 27.0. The van der Waals surface area contributed by atoms with Crippen LogP contribution in [0.2, 0.25) is 0 Å². The molecule has 4 saturated heterocycles. The summed E-state index contributed by atoms with van der Waals surface area (Å²) in [5, 5.41) is 0. The van der Waals surface area contributed by atoms with E-state index in [1.54, 1.807) is 0 Å².